The Morgan fingerprint density at radius 1 is 1.35 bits per heavy atom. The van der Waals surface area contributed by atoms with Gasteiger partial charge in [-0.25, -0.2) is 0 Å². The number of hydrogen-bond acceptors (Lipinski definition) is 2. The second-order valence-electron chi connectivity index (χ2n) is 5.73. The summed E-state index contributed by atoms with van der Waals surface area (Å²) in [5, 5.41) is 0. The molecule has 0 aromatic rings. The number of rotatable bonds is 4. The van der Waals surface area contributed by atoms with E-state index in [1.165, 1.54) is 12.8 Å². The van der Waals surface area contributed by atoms with Crippen molar-refractivity contribution < 1.29 is 9.47 Å². The first-order chi connectivity index (χ1) is 8.01. The molecule has 3 heteroatoms. The van der Waals surface area contributed by atoms with Gasteiger partial charge in [-0.15, -0.1) is 5.54 Å². The Morgan fingerprint density at radius 3 is 2.65 bits per heavy atom. The molecule has 1 saturated heterocycles. The molecule has 1 aliphatic heterocycles. The fourth-order valence-corrected chi connectivity index (χ4v) is 2.33. The van der Waals surface area contributed by atoms with E-state index in [2.05, 4.69) is 38.0 Å². The first kappa shape index (κ1) is 14.8. The molecule has 1 rings (SSSR count). The average molecular weight is 254 g/mol. The number of ether oxygens (including phenoxy) is 2. The Morgan fingerprint density at radius 2 is 2.12 bits per heavy atom. The van der Waals surface area contributed by atoms with Crippen LogP contribution in [0.3, 0.4) is 0 Å². The van der Waals surface area contributed by atoms with E-state index in [4.69, 9.17) is 9.47 Å². The molecule has 0 aliphatic carbocycles. The lowest BCUT2D eigenvalue weighted by Gasteiger charge is -2.25. The molecule has 2 atom stereocenters. The summed E-state index contributed by atoms with van der Waals surface area (Å²) in [5.41, 5.74) is 3.40. The van der Waals surface area contributed by atoms with Crippen molar-refractivity contribution in [3.8, 4) is 11.5 Å². The molecule has 1 fully saturated rings. The van der Waals surface area contributed by atoms with Crippen LogP contribution in [0.4, 0.5) is 0 Å². The van der Waals surface area contributed by atoms with Gasteiger partial charge >= 0.3 is 0 Å². The average Bonchev–Trinajstić information content (AvgIpc) is 2.27. The minimum atomic E-state index is -1.30. The van der Waals surface area contributed by atoms with Gasteiger partial charge in [0, 0.05) is 6.61 Å². The van der Waals surface area contributed by atoms with Crippen LogP contribution in [0.5, 0.6) is 0 Å². The number of hydrogen-bond donors (Lipinski definition) is 0. The van der Waals surface area contributed by atoms with Gasteiger partial charge in [0.1, 0.15) is 14.2 Å². The molecule has 0 N–H and O–H groups in total. The Bertz CT molecular complexity index is 266. The highest BCUT2D eigenvalue weighted by atomic mass is 28.3. The molecule has 0 amide bonds. The fraction of sp³-hybridized carbons (Fsp3) is 0.857. The molecular formula is C14H26O2Si. The van der Waals surface area contributed by atoms with E-state index in [0.717, 1.165) is 25.9 Å². The Hall–Kier alpha value is -0.303. The van der Waals surface area contributed by atoms with Gasteiger partial charge in [0.2, 0.25) is 0 Å². The summed E-state index contributed by atoms with van der Waals surface area (Å²) in [6.07, 6.45) is 5.57. The van der Waals surface area contributed by atoms with E-state index in [0.29, 0.717) is 0 Å². The molecule has 1 heterocycles. The van der Waals surface area contributed by atoms with E-state index in [1.807, 2.05) is 0 Å². The maximum absolute atomic E-state index is 5.95. The van der Waals surface area contributed by atoms with Crippen LogP contribution in [0.1, 0.15) is 39.0 Å². The van der Waals surface area contributed by atoms with Gasteiger partial charge in [-0.05, 0) is 25.7 Å². The fourth-order valence-electron chi connectivity index (χ4n) is 1.74. The predicted octanol–water partition coefficient (Wildman–Crippen LogP) is 3.58. The first-order valence-electron chi connectivity index (χ1n) is 6.81. The van der Waals surface area contributed by atoms with Crippen molar-refractivity contribution >= 4 is 8.07 Å². The van der Waals surface area contributed by atoms with Gasteiger partial charge in [0.15, 0.2) is 6.29 Å². The van der Waals surface area contributed by atoms with Crippen molar-refractivity contribution in [2.24, 2.45) is 0 Å². The lowest BCUT2D eigenvalue weighted by Crippen LogP contribution is -2.28. The maximum Gasteiger partial charge on any atom is 0.159 e. The Balaban J connectivity index is 2.49. The highest BCUT2D eigenvalue weighted by Gasteiger charge is 2.18. The molecule has 0 aromatic heterocycles. The van der Waals surface area contributed by atoms with E-state index in [1.54, 1.807) is 0 Å². The third kappa shape index (κ3) is 6.87. The third-order valence-corrected chi connectivity index (χ3v) is 3.51. The highest BCUT2D eigenvalue weighted by molar-refractivity contribution is 6.83. The zero-order chi connectivity index (χ0) is 12.7. The van der Waals surface area contributed by atoms with E-state index in [-0.39, 0.29) is 12.4 Å². The minimum Gasteiger partial charge on any atom is -0.353 e. The van der Waals surface area contributed by atoms with Gasteiger partial charge in [-0.1, -0.05) is 38.9 Å². The monoisotopic (exact) mass is 254 g/mol. The van der Waals surface area contributed by atoms with Gasteiger partial charge in [-0.3, -0.25) is 0 Å². The molecule has 0 saturated carbocycles. The second kappa shape index (κ2) is 7.20. The van der Waals surface area contributed by atoms with Crippen LogP contribution >= 0.6 is 0 Å². The molecule has 98 valence electrons. The predicted molar refractivity (Wildman–Crippen MR) is 74.5 cm³/mol. The van der Waals surface area contributed by atoms with Crippen molar-refractivity contribution in [2.75, 3.05) is 6.61 Å². The second-order valence-corrected chi connectivity index (χ2v) is 10.5. The summed E-state index contributed by atoms with van der Waals surface area (Å²) in [7, 11) is -1.30. The summed E-state index contributed by atoms with van der Waals surface area (Å²) in [4.78, 5) is 0. The van der Waals surface area contributed by atoms with Crippen molar-refractivity contribution in [2.45, 2.75) is 71.1 Å². The van der Waals surface area contributed by atoms with E-state index < -0.39 is 8.07 Å². The van der Waals surface area contributed by atoms with Crippen molar-refractivity contribution in [3.05, 3.63) is 0 Å². The van der Waals surface area contributed by atoms with E-state index >= 15 is 0 Å². The third-order valence-electron chi connectivity index (χ3n) is 2.61. The first-order valence-corrected chi connectivity index (χ1v) is 10.3. The smallest absolute Gasteiger partial charge is 0.159 e. The summed E-state index contributed by atoms with van der Waals surface area (Å²) in [5.74, 6) is 3.32. The molecule has 1 aliphatic rings. The van der Waals surface area contributed by atoms with Gasteiger partial charge in [-0.2, -0.15) is 0 Å². The maximum atomic E-state index is 5.95. The van der Waals surface area contributed by atoms with Gasteiger partial charge in [0.05, 0.1) is 0 Å². The SMILES string of the molecule is CCCC(C#C[Si](C)(C)C)OC1CCCCO1. The Labute approximate surface area is 107 Å². The Kier molecular flexibility index (Phi) is 6.25. The van der Waals surface area contributed by atoms with Gasteiger partial charge < -0.3 is 9.47 Å². The summed E-state index contributed by atoms with van der Waals surface area (Å²) >= 11 is 0. The van der Waals surface area contributed by atoms with Crippen LogP contribution in [0, 0.1) is 11.5 Å². The van der Waals surface area contributed by atoms with Crippen LogP contribution in [0.2, 0.25) is 19.6 Å². The van der Waals surface area contributed by atoms with Crippen molar-refractivity contribution in [1.29, 1.82) is 0 Å². The van der Waals surface area contributed by atoms with Crippen LogP contribution in [0.15, 0.2) is 0 Å². The molecule has 0 spiro atoms. The van der Waals surface area contributed by atoms with Gasteiger partial charge in [0.25, 0.3) is 0 Å². The lowest BCUT2D eigenvalue weighted by atomic mass is 10.2. The quantitative estimate of drug-likeness (QED) is 0.564. The van der Waals surface area contributed by atoms with Crippen LogP contribution in [-0.4, -0.2) is 27.1 Å². The molecule has 2 unspecified atom stereocenters. The largest absolute Gasteiger partial charge is 0.353 e. The molecule has 0 radical (unpaired) electrons. The zero-order valence-corrected chi connectivity index (χ0v) is 12.7. The van der Waals surface area contributed by atoms with Crippen molar-refractivity contribution in [3.63, 3.8) is 0 Å². The summed E-state index contributed by atoms with van der Waals surface area (Å²) < 4.78 is 11.6. The van der Waals surface area contributed by atoms with E-state index in [9.17, 15) is 0 Å². The molecular weight excluding hydrogens is 228 g/mol. The molecule has 17 heavy (non-hydrogen) atoms. The highest BCUT2D eigenvalue weighted by Crippen LogP contribution is 2.17. The summed E-state index contributed by atoms with van der Waals surface area (Å²) in [6, 6.07) is 0. The zero-order valence-electron chi connectivity index (χ0n) is 11.7. The normalized spacial score (nSPS) is 22.7. The van der Waals surface area contributed by atoms with Crippen LogP contribution in [-0.2, 0) is 9.47 Å². The van der Waals surface area contributed by atoms with Crippen molar-refractivity contribution in [1.82, 2.24) is 0 Å². The standard InChI is InChI=1S/C14H26O2Si/c1-5-8-13(10-12-17(2,3)4)16-14-9-6-7-11-15-14/h13-14H,5-9,11H2,1-4H3. The molecule has 0 bridgehead atoms. The van der Waals surface area contributed by atoms with Crippen LogP contribution in [0.25, 0.3) is 0 Å². The van der Waals surface area contributed by atoms with Crippen LogP contribution < -0.4 is 0 Å². The molecule has 0 aromatic carbocycles. The lowest BCUT2D eigenvalue weighted by molar-refractivity contribution is -0.177. The topological polar surface area (TPSA) is 18.5 Å². The molecule has 2 nitrogen and oxygen atoms in total. The minimum absolute atomic E-state index is 0.0174. The summed E-state index contributed by atoms with van der Waals surface area (Å²) in [6.45, 7) is 9.81.